The van der Waals surface area contributed by atoms with Gasteiger partial charge in [0.05, 0.1) is 13.2 Å². The molecule has 13 nitrogen and oxygen atoms in total. The Labute approximate surface area is 178 Å². The third-order valence-corrected chi connectivity index (χ3v) is 4.58. The molecule has 1 aliphatic heterocycles. The van der Waals surface area contributed by atoms with Crippen LogP contribution in [0.1, 0.15) is 26.7 Å². The maximum Gasteiger partial charge on any atom is 0.472 e. The Bertz CT molecular complexity index is 749. The fourth-order valence-electron chi connectivity index (χ4n) is 2.26. The van der Waals surface area contributed by atoms with Gasteiger partial charge >= 0.3 is 19.8 Å². The number of hydrogen-bond donors (Lipinski definition) is 2. The van der Waals surface area contributed by atoms with E-state index < -0.39 is 50.2 Å². The molecular formula is C17H25N2O11P. The second kappa shape index (κ2) is 13.0. The van der Waals surface area contributed by atoms with E-state index in [0.29, 0.717) is 0 Å². The molecular weight excluding hydrogens is 439 g/mol. The summed E-state index contributed by atoms with van der Waals surface area (Å²) in [4.78, 5) is 67.0. The Kier molecular flexibility index (Phi) is 11.0. The van der Waals surface area contributed by atoms with Crippen molar-refractivity contribution in [1.82, 2.24) is 10.2 Å². The van der Waals surface area contributed by atoms with E-state index in [2.05, 4.69) is 10.1 Å². The number of amides is 3. The molecule has 0 fully saturated rings. The molecule has 2 N–H and O–H groups in total. The highest BCUT2D eigenvalue weighted by Crippen LogP contribution is 2.43. The van der Waals surface area contributed by atoms with Crippen LogP contribution in [0.15, 0.2) is 12.2 Å². The summed E-state index contributed by atoms with van der Waals surface area (Å²) in [6, 6.07) is 0. The quantitative estimate of drug-likeness (QED) is 0.146. The maximum atomic E-state index is 11.8. The molecule has 14 heteroatoms. The Hall–Kier alpha value is -2.60. The number of carbonyl (C=O) groups is 5. The fourth-order valence-corrected chi connectivity index (χ4v) is 3.02. The van der Waals surface area contributed by atoms with Crippen molar-refractivity contribution in [1.29, 1.82) is 0 Å². The maximum absolute atomic E-state index is 11.8. The molecule has 0 saturated carbocycles. The van der Waals surface area contributed by atoms with Gasteiger partial charge in [0.25, 0.3) is 11.8 Å². The predicted octanol–water partition coefficient (Wildman–Crippen LogP) is -0.564. The van der Waals surface area contributed by atoms with E-state index in [0.717, 1.165) is 30.9 Å². The highest BCUT2D eigenvalue weighted by Gasteiger charge is 2.25. The van der Waals surface area contributed by atoms with Crippen molar-refractivity contribution < 1.29 is 52.0 Å². The normalized spacial score (nSPS) is 16.0. The predicted molar refractivity (Wildman–Crippen MR) is 102 cm³/mol. The van der Waals surface area contributed by atoms with Crippen molar-refractivity contribution in [3.63, 3.8) is 0 Å². The second-order valence-corrected chi connectivity index (χ2v) is 7.70. The number of rotatable bonds is 14. The van der Waals surface area contributed by atoms with Gasteiger partial charge in [-0.15, -0.1) is 0 Å². The molecule has 1 rings (SSSR count). The lowest BCUT2D eigenvalue weighted by Gasteiger charge is -2.18. The van der Waals surface area contributed by atoms with Crippen LogP contribution in [0, 0.1) is 0 Å². The summed E-state index contributed by atoms with van der Waals surface area (Å²) in [6.45, 7) is 0.973. The van der Waals surface area contributed by atoms with Crippen LogP contribution in [0.3, 0.4) is 0 Å². The van der Waals surface area contributed by atoms with E-state index >= 15 is 0 Å². The number of hydrogen-bond acceptors (Lipinski definition) is 10. The monoisotopic (exact) mass is 464 g/mol. The van der Waals surface area contributed by atoms with Crippen LogP contribution in [0.25, 0.3) is 0 Å². The van der Waals surface area contributed by atoms with Gasteiger partial charge in [-0.3, -0.25) is 37.9 Å². The number of carbonyl (C=O) groups excluding carboxylic acids is 5. The number of imide groups is 1. The van der Waals surface area contributed by atoms with Gasteiger partial charge in [0, 0.05) is 45.5 Å². The zero-order valence-corrected chi connectivity index (χ0v) is 18.0. The smallest absolute Gasteiger partial charge is 0.462 e. The zero-order chi connectivity index (χ0) is 23.4. The lowest BCUT2D eigenvalue weighted by molar-refractivity contribution is -0.158. The van der Waals surface area contributed by atoms with Gasteiger partial charge in [0.2, 0.25) is 5.91 Å². The van der Waals surface area contributed by atoms with Crippen LogP contribution in [0.2, 0.25) is 0 Å². The summed E-state index contributed by atoms with van der Waals surface area (Å²) in [5.74, 6) is -2.60. The van der Waals surface area contributed by atoms with Crippen molar-refractivity contribution >= 4 is 37.5 Å². The van der Waals surface area contributed by atoms with Crippen LogP contribution < -0.4 is 5.32 Å². The van der Waals surface area contributed by atoms with Gasteiger partial charge < -0.3 is 19.7 Å². The van der Waals surface area contributed by atoms with Gasteiger partial charge in [-0.1, -0.05) is 0 Å². The van der Waals surface area contributed by atoms with Gasteiger partial charge in [-0.2, -0.15) is 0 Å². The van der Waals surface area contributed by atoms with Gasteiger partial charge in [-0.25, -0.2) is 4.57 Å². The highest BCUT2D eigenvalue weighted by atomic mass is 31.2. The molecule has 0 aromatic heterocycles. The lowest BCUT2D eigenvalue weighted by atomic mass is 10.3. The van der Waals surface area contributed by atoms with Crippen molar-refractivity contribution in [2.45, 2.75) is 32.8 Å². The molecule has 2 unspecified atom stereocenters. The Balaban J connectivity index is 2.23. The molecule has 1 heterocycles. The molecule has 1 aliphatic rings. The van der Waals surface area contributed by atoms with E-state index in [1.807, 2.05) is 0 Å². The van der Waals surface area contributed by atoms with Crippen LogP contribution in [0.4, 0.5) is 0 Å². The first kappa shape index (κ1) is 26.4. The molecule has 0 radical (unpaired) electrons. The Morgan fingerprint density at radius 3 is 2.32 bits per heavy atom. The Morgan fingerprint density at radius 2 is 1.74 bits per heavy atom. The molecule has 3 amide bonds. The van der Waals surface area contributed by atoms with Crippen LogP contribution in [0.5, 0.6) is 0 Å². The number of phosphoric ester groups is 1. The number of ether oxygens (including phenoxy) is 2. The molecule has 31 heavy (non-hydrogen) atoms. The molecule has 174 valence electrons. The number of nitrogens with one attached hydrogen (secondary N) is 1. The molecule has 0 bridgehead atoms. The summed E-state index contributed by atoms with van der Waals surface area (Å²) >= 11 is 0. The topological polar surface area (TPSA) is 175 Å². The van der Waals surface area contributed by atoms with Gasteiger partial charge in [-0.05, 0) is 6.42 Å². The first-order chi connectivity index (χ1) is 14.5. The van der Waals surface area contributed by atoms with E-state index in [9.17, 15) is 33.4 Å². The second-order valence-electron chi connectivity index (χ2n) is 6.25. The first-order valence-electron chi connectivity index (χ1n) is 9.23. The minimum atomic E-state index is -4.52. The van der Waals surface area contributed by atoms with Crippen molar-refractivity contribution in [2.24, 2.45) is 0 Å². The average molecular weight is 464 g/mol. The summed E-state index contributed by atoms with van der Waals surface area (Å²) in [6.07, 6.45) is 1.49. The highest BCUT2D eigenvalue weighted by molar-refractivity contribution is 7.47. The summed E-state index contributed by atoms with van der Waals surface area (Å²) in [5, 5.41) is 2.44. The largest absolute Gasteiger partial charge is 0.472 e. The van der Waals surface area contributed by atoms with Crippen molar-refractivity contribution in [2.75, 3.05) is 32.9 Å². The third-order valence-electron chi connectivity index (χ3n) is 3.59. The van der Waals surface area contributed by atoms with E-state index in [4.69, 9.17) is 13.8 Å². The summed E-state index contributed by atoms with van der Waals surface area (Å²) in [7, 11) is -4.52. The minimum absolute atomic E-state index is 0.0323. The standard InChI is InChI=1S/C17H25N2O11P/c1-12(20)27-10-14(30-13(2)21)11-29-31(25,26)28-9-7-18-15(22)4-3-8-19-16(23)5-6-17(19)24/h5-6,14H,3-4,7-11H2,1-2H3,(H,18,22)(H,25,26). The van der Waals surface area contributed by atoms with Crippen LogP contribution in [-0.2, 0) is 47.1 Å². The van der Waals surface area contributed by atoms with Crippen LogP contribution in [-0.4, -0.2) is 78.5 Å². The molecule has 0 saturated heterocycles. The SMILES string of the molecule is CC(=O)OCC(COP(=O)(O)OCCNC(=O)CCCN1C(=O)C=CC1=O)OC(C)=O. The lowest BCUT2D eigenvalue weighted by Crippen LogP contribution is -2.32. The Morgan fingerprint density at radius 1 is 1.10 bits per heavy atom. The first-order valence-corrected chi connectivity index (χ1v) is 10.7. The molecule has 0 spiro atoms. The zero-order valence-electron chi connectivity index (χ0n) is 17.1. The summed E-state index contributed by atoms with van der Waals surface area (Å²) in [5.41, 5.74) is 0. The molecule has 0 aromatic rings. The third kappa shape index (κ3) is 11.4. The van der Waals surface area contributed by atoms with E-state index in [-0.39, 0.29) is 39.1 Å². The average Bonchev–Trinajstić information content (AvgIpc) is 2.99. The van der Waals surface area contributed by atoms with E-state index in [1.165, 1.54) is 0 Å². The number of nitrogens with zero attached hydrogens (tertiary/aromatic N) is 1. The van der Waals surface area contributed by atoms with Crippen molar-refractivity contribution in [3.05, 3.63) is 12.2 Å². The minimum Gasteiger partial charge on any atom is -0.462 e. The molecule has 2 atom stereocenters. The van der Waals surface area contributed by atoms with Gasteiger partial charge in [0.1, 0.15) is 6.61 Å². The van der Waals surface area contributed by atoms with Crippen LogP contribution >= 0.6 is 7.82 Å². The fraction of sp³-hybridized carbons (Fsp3) is 0.588. The number of esters is 2. The van der Waals surface area contributed by atoms with Crippen molar-refractivity contribution in [3.8, 4) is 0 Å². The number of phosphoric acid groups is 1. The molecule has 0 aliphatic carbocycles. The van der Waals surface area contributed by atoms with E-state index in [1.54, 1.807) is 0 Å². The summed E-state index contributed by atoms with van der Waals surface area (Å²) < 4.78 is 30.7. The van der Waals surface area contributed by atoms with Gasteiger partial charge in [0.15, 0.2) is 6.10 Å². The molecule has 0 aromatic carbocycles.